The number of fused-ring (bicyclic) bond motifs is 1. The molecule has 1 N–H and O–H groups in total. The fraction of sp³-hybridized carbons (Fsp3) is 0.444. The molecular formula is C9H11N7O2. The van der Waals surface area contributed by atoms with E-state index in [9.17, 15) is 4.79 Å². The van der Waals surface area contributed by atoms with Gasteiger partial charge in [0, 0.05) is 7.05 Å². The molecule has 0 aromatic carbocycles. The van der Waals surface area contributed by atoms with Gasteiger partial charge in [-0.2, -0.15) is 4.80 Å². The van der Waals surface area contributed by atoms with Crippen LogP contribution in [0.5, 0.6) is 0 Å². The molecule has 0 bridgehead atoms. The Bertz CT molecular complexity index is 629. The van der Waals surface area contributed by atoms with Gasteiger partial charge >= 0.3 is 6.09 Å². The van der Waals surface area contributed by atoms with E-state index >= 15 is 0 Å². The average Bonchev–Trinajstić information content (AvgIpc) is 2.95. The van der Waals surface area contributed by atoms with Crippen molar-refractivity contribution < 1.29 is 9.90 Å². The van der Waals surface area contributed by atoms with E-state index in [2.05, 4.69) is 20.4 Å². The highest BCUT2D eigenvalue weighted by Gasteiger charge is 2.29. The van der Waals surface area contributed by atoms with E-state index < -0.39 is 6.09 Å². The van der Waals surface area contributed by atoms with Crippen molar-refractivity contribution in [2.45, 2.75) is 13.1 Å². The van der Waals surface area contributed by atoms with E-state index in [1.807, 2.05) is 11.6 Å². The fourth-order valence-electron chi connectivity index (χ4n) is 2.04. The van der Waals surface area contributed by atoms with Crippen LogP contribution in [0.2, 0.25) is 0 Å². The molecule has 1 aliphatic rings. The number of imidazole rings is 1. The highest BCUT2D eigenvalue weighted by molar-refractivity contribution is 5.66. The minimum atomic E-state index is -0.938. The molecule has 1 aliphatic heterocycles. The van der Waals surface area contributed by atoms with Crippen molar-refractivity contribution in [3.05, 3.63) is 11.4 Å². The zero-order valence-corrected chi connectivity index (χ0v) is 9.90. The molecule has 0 spiro atoms. The quantitative estimate of drug-likeness (QED) is 0.738. The van der Waals surface area contributed by atoms with Gasteiger partial charge in [-0.05, 0) is 5.21 Å². The van der Waals surface area contributed by atoms with Crippen LogP contribution >= 0.6 is 0 Å². The highest BCUT2D eigenvalue weighted by Crippen LogP contribution is 2.26. The molecule has 0 saturated heterocycles. The van der Waals surface area contributed by atoms with Gasteiger partial charge in [0.1, 0.15) is 0 Å². The molecule has 0 unspecified atom stereocenters. The van der Waals surface area contributed by atoms with Crippen molar-refractivity contribution in [2.24, 2.45) is 14.1 Å². The first-order valence-corrected chi connectivity index (χ1v) is 5.33. The SMILES string of the molecule is Cn1nnc(-c2nc3c(n2C)CN(C(=O)O)C3)n1. The van der Waals surface area contributed by atoms with Gasteiger partial charge in [-0.3, -0.25) is 4.90 Å². The molecular weight excluding hydrogens is 238 g/mol. The number of aromatic nitrogens is 6. The predicted octanol–water partition coefficient (Wildman–Crippen LogP) is -0.396. The Kier molecular flexibility index (Phi) is 2.09. The van der Waals surface area contributed by atoms with Gasteiger partial charge in [0.05, 0.1) is 31.5 Å². The Morgan fingerprint density at radius 3 is 2.67 bits per heavy atom. The van der Waals surface area contributed by atoms with Crippen LogP contribution in [-0.4, -0.2) is 45.9 Å². The number of aryl methyl sites for hydroxylation is 1. The lowest BCUT2D eigenvalue weighted by atomic mass is 10.4. The summed E-state index contributed by atoms with van der Waals surface area (Å²) in [6, 6.07) is 0. The number of hydrogen-bond donors (Lipinski definition) is 1. The van der Waals surface area contributed by atoms with Crippen molar-refractivity contribution >= 4 is 6.09 Å². The fourth-order valence-corrected chi connectivity index (χ4v) is 2.04. The highest BCUT2D eigenvalue weighted by atomic mass is 16.4. The summed E-state index contributed by atoms with van der Waals surface area (Å²) in [6.07, 6.45) is -0.938. The van der Waals surface area contributed by atoms with E-state index in [0.29, 0.717) is 24.7 Å². The molecule has 0 fully saturated rings. The predicted molar refractivity (Wildman–Crippen MR) is 58.3 cm³/mol. The standard InChI is InChI=1S/C9H11N7O2/c1-14-6-4-16(9(17)18)3-5(6)10-8(14)7-11-13-15(2)12-7/h3-4H2,1-2H3,(H,17,18). The van der Waals surface area contributed by atoms with Crippen LogP contribution in [0.15, 0.2) is 0 Å². The number of hydrogen-bond acceptors (Lipinski definition) is 5. The van der Waals surface area contributed by atoms with Crippen molar-refractivity contribution in [1.29, 1.82) is 0 Å². The molecule has 3 rings (SSSR count). The number of amides is 1. The summed E-state index contributed by atoms with van der Waals surface area (Å²) < 4.78 is 1.81. The molecule has 1 amide bonds. The second kappa shape index (κ2) is 3.52. The average molecular weight is 249 g/mol. The summed E-state index contributed by atoms with van der Waals surface area (Å²) in [7, 11) is 3.50. The molecule has 0 saturated carbocycles. The molecule has 3 heterocycles. The Balaban J connectivity index is 1.99. The number of tetrazole rings is 1. The maximum Gasteiger partial charge on any atom is 0.408 e. The minimum absolute atomic E-state index is 0.304. The van der Waals surface area contributed by atoms with Crippen molar-refractivity contribution in [1.82, 2.24) is 34.7 Å². The minimum Gasteiger partial charge on any atom is -0.465 e. The topological polar surface area (TPSA) is 102 Å². The third kappa shape index (κ3) is 1.44. The van der Waals surface area contributed by atoms with Crippen molar-refractivity contribution in [3.63, 3.8) is 0 Å². The van der Waals surface area contributed by atoms with Gasteiger partial charge in [0.25, 0.3) is 0 Å². The lowest BCUT2D eigenvalue weighted by Gasteiger charge is -2.10. The number of carbonyl (C=O) groups is 1. The zero-order valence-electron chi connectivity index (χ0n) is 9.90. The van der Waals surface area contributed by atoms with Crippen LogP contribution in [0.4, 0.5) is 4.79 Å². The number of rotatable bonds is 1. The van der Waals surface area contributed by atoms with E-state index in [4.69, 9.17) is 5.11 Å². The molecule has 2 aromatic rings. The molecule has 0 aliphatic carbocycles. The van der Waals surface area contributed by atoms with Gasteiger partial charge in [-0.25, -0.2) is 9.78 Å². The molecule has 2 aromatic heterocycles. The second-order valence-electron chi connectivity index (χ2n) is 4.13. The van der Waals surface area contributed by atoms with Crippen LogP contribution in [0.25, 0.3) is 11.6 Å². The molecule has 94 valence electrons. The maximum absolute atomic E-state index is 10.9. The van der Waals surface area contributed by atoms with Gasteiger partial charge in [0.15, 0.2) is 5.82 Å². The van der Waals surface area contributed by atoms with E-state index in [-0.39, 0.29) is 0 Å². The van der Waals surface area contributed by atoms with E-state index in [0.717, 1.165) is 11.4 Å². The van der Waals surface area contributed by atoms with Crippen LogP contribution in [0.1, 0.15) is 11.4 Å². The molecule has 0 radical (unpaired) electrons. The Hall–Kier alpha value is -2.45. The first-order chi connectivity index (χ1) is 8.56. The third-order valence-electron chi connectivity index (χ3n) is 2.96. The molecule has 9 heteroatoms. The first kappa shape index (κ1) is 10.7. The first-order valence-electron chi connectivity index (χ1n) is 5.33. The maximum atomic E-state index is 10.9. The van der Waals surface area contributed by atoms with Crippen LogP contribution in [-0.2, 0) is 27.2 Å². The van der Waals surface area contributed by atoms with Gasteiger partial charge in [0.2, 0.25) is 5.82 Å². The normalized spacial score (nSPS) is 14.0. The summed E-state index contributed by atoms with van der Waals surface area (Å²) in [5, 5.41) is 20.7. The van der Waals surface area contributed by atoms with Gasteiger partial charge in [-0.1, -0.05) is 0 Å². The Morgan fingerprint density at radius 1 is 1.33 bits per heavy atom. The monoisotopic (exact) mass is 249 g/mol. The summed E-state index contributed by atoms with van der Waals surface area (Å²) >= 11 is 0. The van der Waals surface area contributed by atoms with Crippen molar-refractivity contribution in [3.8, 4) is 11.6 Å². The van der Waals surface area contributed by atoms with Crippen LogP contribution in [0, 0.1) is 0 Å². The molecule has 18 heavy (non-hydrogen) atoms. The number of nitrogens with zero attached hydrogens (tertiary/aromatic N) is 7. The van der Waals surface area contributed by atoms with E-state index in [1.54, 1.807) is 7.05 Å². The van der Waals surface area contributed by atoms with Crippen LogP contribution in [0.3, 0.4) is 0 Å². The Morgan fingerprint density at radius 2 is 2.11 bits per heavy atom. The Labute approximate surface area is 102 Å². The van der Waals surface area contributed by atoms with Crippen LogP contribution < -0.4 is 0 Å². The van der Waals surface area contributed by atoms with E-state index in [1.165, 1.54) is 9.70 Å². The third-order valence-corrected chi connectivity index (χ3v) is 2.96. The van der Waals surface area contributed by atoms with Gasteiger partial charge < -0.3 is 9.67 Å². The zero-order chi connectivity index (χ0) is 12.9. The summed E-state index contributed by atoms with van der Waals surface area (Å²) in [4.78, 5) is 17.9. The summed E-state index contributed by atoms with van der Waals surface area (Å²) in [5.41, 5.74) is 1.63. The summed E-state index contributed by atoms with van der Waals surface area (Å²) in [6.45, 7) is 0.646. The lowest BCUT2D eigenvalue weighted by Crippen LogP contribution is -2.24. The van der Waals surface area contributed by atoms with Crippen molar-refractivity contribution in [2.75, 3.05) is 0 Å². The largest absolute Gasteiger partial charge is 0.465 e. The molecule has 0 atom stereocenters. The summed E-state index contributed by atoms with van der Waals surface area (Å²) in [5.74, 6) is 1.05. The lowest BCUT2D eigenvalue weighted by molar-refractivity contribution is 0.144. The molecule has 9 nitrogen and oxygen atoms in total. The smallest absolute Gasteiger partial charge is 0.408 e. The second-order valence-corrected chi connectivity index (χ2v) is 4.13. The number of carboxylic acid groups (broad SMARTS) is 1. The van der Waals surface area contributed by atoms with Gasteiger partial charge in [-0.15, -0.1) is 10.2 Å².